The van der Waals surface area contributed by atoms with Crippen LogP contribution in [-0.2, 0) is 4.79 Å². The minimum absolute atomic E-state index is 0.448. The number of carbonyl (C=O) groups is 1. The standard InChI is InChI=1S/C11H7NO2/c1-14-11-7-9(3-2-6-13)4-5-10(11)8-12/h4-7H,1H3. The van der Waals surface area contributed by atoms with Crippen molar-refractivity contribution in [1.29, 1.82) is 5.26 Å². The van der Waals surface area contributed by atoms with Crippen LogP contribution in [0.1, 0.15) is 11.1 Å². The molecular weight excluding hydrogens is 178 g/mol. The Labute approximate surface area is 81.9 Å². The van der Waals surface area contributed by atoms with Gasteiger partial charge in [-0.3, -0.25) is 4.79 Å². The van der Waals surface area contributed by atoms with Crippen molar-refractivity contribution >= 4 is 6.29 Å². The summed E-state index contributed by atoms with van der Waals surface area (Å²) < 4.78 is 4.98. The number of methoxy groups -OCH3 is 1. The zero-order chi connectivity index (χ0) is 10.4. The Morgan fingerprint density at radius 1 is 1.50 bits per heavy atom. The number of nitrogens with zero attached hydrogens (tertiary/aromatic N) is 1. The van der Waals surface area contributed by atoms with Crippen LogP contribution in [0.4, 0.5) is 0 Å². The Morgan fingerprint density at radius 3 is 2.86 bits per heavy atom. The molecule has 0 bridgehead atoms. The molecule has 0 spiro atoms. The molecule has 1 rings (SSSR count). The summed E-state index contributed by atoms with van der Waals surface area (Å²) in [5.74, 6) is 5.36. The van der Waals surface area contributed by atoms with Crippen molar-refractivity contribution < 1.29 is 9.53 Å². The van der Waals surface area contributed by atoms with Crippen LogP contribution in [0.25, 0.3) is 0 Å². The molecule has 0 aliphatic heterocycles. The number of rotatable bonds is 1. The molecule has 1 aromatic rings. The van der Waals surface area contributed by atoms with Gasteiger partial charge in [0.05, 0.1) is 12.7 Å². The van der Waals surface area contributed by atoms with Gasteiger partial charge in [-0.25, -0.2) is 0 Å². The van der Waals surface area contributed by atoms with Crippen LogP contribution in [0.2, 0.25) is 0 Å². The summed E-state index contributed by atoms with van der Waals surface area (Å²) in [5, 5.41) is 8.69. The van der Waals surface area contributed by atoms with Gasteiger partial charge >= 0.3 is 0 Å². The second kappa shape index (κ2) is 4.69. The first kappa shape index (κ1) is 9.83. The van der Waals surface area contributed by atoms with Gasteiger partial charge in [0.25, 0.3) is 0 Å². The lowest BCUT2D eigenvalue weighted by Gasteiger charge is -2.01. The summed E-state index contributed by atoms with van der Waals surface area (Å²) >= 11 is 0. The van der Waals surface area contributed by atoms with Crippen molar-refractivity contribution in [2.75, 3.05) is 7.11 Å². The minimum atomic E-state index is 0.448. The molecule has 3 nitrogen and oxygen atoms in total. The van der Waals surface area contributed by atoms with E-state index in [2.05, 4.69) is 11.8 Å². The Morgan fingerprint density at radius 2 is 2.29 bits per heavy atom. The van der Waals surface area contributed by atoms with Crippen LogP contribution in [0.5, 0.6) is 5.75 Å². The van der Waals surface area contributed by atoms with Crippen LogP contribution in [0.3, 0.4) is 0 Å². The van der Waals surface area contributed by atoms with Gasteiger partial charge < -0.3 is 4.74 Å². The molecule has 68 valence electrons. The second-order valence-corrected chi connectivity index (χ2v) is 2.41. The fraction of sp³-hybridized carbons (Fsp3) is 0.0909. The van der Waals surface area contributed by atoms with Gasteiger partial charge in [0, 0.05) is 5.56 Å². The van der Waals surface area contributed by atoms with Crippen molar-refractivity contribution in [3.05, 3.63) is 29.3 Å². The summed E-state index contributed by atoms with van der Waals surface area (Å²) in [5.41, 5.74) is 1.09. The van der Waals surface area contributed by atoms with Crippen molar-refractivity contribution in [1.82, 2.24) is 0 Å². The third kappa shape index (κ3) is 2.12. The Balaban J connectivity index is 3.15. The monoisotopic (exact) mass is 185 g/mol. The SMILES string of the molecule is COc1cc(C#CC=O)ccc1C#N. The van der Waals surface area contributed by atoms with Gasteiger partial charge in [-0.15, -0.1) is 0 Å². The van der Waals surface area contributed by atoms with Crippen LogP contribution < -0.4 is 4.74 Å². The average Bonchev–Trinajstić information content (AvgIpc) is 2.25. The fourth-order valence-corrected chi connectivity index (χ4v) is 0.974. The van der Waals surface area contributed by atoms with E-state index in [1.54, 1.807) is 18.2 Å². The first-order valence-electron chi connectivity index (χ1n) is 3.85. The second-order valence-electron chi connectivity index (χ2n) is 2.41. The third-order valence-electron chi connectivity index (χ3n) is 1.60. The normalized spacial score (nSPS) is 8.00. The van der Waals surface area contributed by atoms with Crippen LogP contribution in [0, 0.1) is 23.2 Å². The summed E-state index contributed by atoms with van der Waals surface area (Å²) in [4.78, 5) is 10.00. The number of hydrogen-bond donors (Lipinski definition) is 0. The highest BCUT2D eigenvalue weighted by atomic mass is 16.5. The smallest absolute Gasteiger partial charge is 0.193 e. The van der Waals surface area contributed by atoms with Crippen molar-refractivity contribution in [3.8, 4) is 23.7 Å². The van der Waals surface area contributed by atoms with Gasteiger partial charge in [-0.2, -0.15) is 5.26 Å². The molecule has 0 fully saturated rings. The van der Waals surface area contributed by atoms with Gasteiger partial charge in [0.2, 0.25) is 0 Å². The Kier molecular flexibility index (Phi) is 3.29. The molecule has 0 aromatic heterocycles. The van der Waals surface area contributed by atoms with E-state index in [9.17, 15) is 4.79 Å². The summed E-state index contributed by atoms with van der Waals surface area (Å²) in [6, 6.07) is 6.88. The first-order valence-corrected chi connectivity index (χ1v) is 3.85. The van der Waals surface area contributed by atoms with Crippen molar-refractivity contribution in [3.63, 3.8) is 0 Å². The lowest BCUT2D eigenvalue weighted by atomic mass is 10.1. The predicted molar refractivity (Wildman–Crippen MR) is 50.7 cm³/mol. The molecule has 14 heavy (non-hydrogen) atoms. The number of ether oxygens (including phenoxy) is 1. The van der Waals surface area contributed by atoms with Crippen LogP contribution in [-0.4, -0.2) is 13.4 Å². The quantitative estimate of drug-likeness (QED) is 0.486. The predicted octanol–water partition coefficient (Wildman–Crippen LogP) is 1.12. The maximum atomic E-state index is 10.00. The van der Waals surface area contributed by atoms with E-state index in [4.69, 9.17) is 10.00 Å². The largest absolute Gasteiger partial charge is 0.495 e. The topological polar surface area (TPSA) is 50.1 Å². The summed E-state index contributed by atoms with van der Waals surface area (Å²) in [6.45, 7) is 0. The molecule has 0 aliphatic rings. The number of hydrogen-bond acceptors (Lipinski definition) is 3. The lowest BCUT2D eigenvalue weighted by Crippen LogP contribution is -1.88. The van der Waals surface area contributed by atoms with Crippen LogP contribution >= 0.6 is 0 Å². The maximum absolute atomic E-state index is 10.00. The van der Waals surface area contributed by atoms with Crippen LogP contribution in [0.15, 0.2) is 18.2 Å². The molecule has 0 radical (unpaired) electrons. The Hall–Kier alpha value is -2.26. The molecule has 0 aliphatic carbocycles. The molecule has 0 saturated carbocycles. The Bertz CT molecular complexity index is 447. The van der Waals surface area contributed by atoms with E-state index in [1.165, 1.54) is 7.11 Å². The molecule has 1 aromatic carbocycles. The van der Waals surface area contributed by atoms with E-state index in [0.717, 1.165) is 0 Å². The van der Waals surface area contributed by atoms with Gasteiger partial charge in [-0.1, -0.05) is 5.92 Å². The molecule has 0 unspecified atom stereocenters. The first-order chi connectivity index (χ1) is 6.81. The van der Waals surface area contributed by atoms with Gasteiger partial charge in [0.1, 0.15) is 11.8 Å². The highest BCUT2D eigenvalue weighted by Gasteiger charge is 2.01. The third-order valence-corrected chi connectivity index (χ3v) is 1.60. The molecule has 0 heterocycles. The summed E-state index contributed by atoms with van der Waals surface area (Å²) in [6.07, 6.45) is 0.519. The average molecular weight is 185 g/mol. The molecule has 0 atom stereocenters. The molecule has 0 amide bonds. The minimum Gasteiger partial charge on any atom is -0.495 e. The maximum Gasteiger partial charge on any atom is 0.193 e. The number of nitriles is 1. The summed E-state index contributed by atoms with van der Waals surface area (Å²) in [7, 11) is 1.48. The molecule has 0 N–H and O–H groups in total. The van der Waals surface area contributed by atoms with E-state index in [0.29, 0.717) is 23.2 Å². The number of aldehydes is 1. The lowest BCUT2D eigenvalue weighted by molar-refractivity contribution is -0.103. The van der Waals surface area contributed by atoms with Crippen molar-refractivity contribution in [2.45, 2.75) is 0 Å². The highest BCUT2D eigenvalue weighted by Crippen LogP contribution is 2.18. The number of carbonyl (C=O) groups excluding carboxylic acids is 1. The van der Waals surface area contributed by atoms with Crippen molar-refractivity contribution in [2.24, 2.45) is 0 Å². The van der Waals surface area contributed by atoms with Gasteiger partial charge in [-0.05, 0) is 24.1 Å². The molecule has 3 heteroatoms. The zero-order valence-electron chi connectivity index (χ0n) is 7.57. The fourth-order valence-electron chi connectivity index (χ4n) is 0.974. The van der Waals surface area contributed by atoms with E-state index >= 15 is 0 Å². The molecule has 0 saturated heterocycles. The molecular formula is C11H7NO2. The number of benzene rings is 1. The van der Waals surface area contributed by atoms with E-state index < -0.39 is 0 Å². The van der Waals surface area contributed by atoms with E-state index in [-0.39, 0.29) is 0 Å². The highest BCUT2D eigenvalue weighted by molar-refractivity contribution is 5.74. The zero-order valence-corrected chi connectivity index (χ0v) is 7.57. The van der Waals surface area contributed by atoms with E-state index in [1.807, 2.05) is 6.07 Å². The van der Waals surface area contributed by atoms with Gasteiger partial charge in [0.15, 0.2) is 6.29 Å².